The van der Waals surface area contributed by atoms with Crippen LogP contribution in [-0.4, -0.2) is 0 Å². The van der Waals surface area contributed by atoms with Crippen LogP contribution in [0.25, 0.3) is 0 Å². The summed E-state index contributed by atoms with van der Waals surface area (Å²) >= 11 is 0. The summed E-state index contributed by atoms with van der Waals surface area (Å²) in [5.41, 5.74) is 4.07. The van der Waals surface area contributed by atoms with Crippen LogP contribution in [0, 0.1) is 34.5 Å². The number of nitriles is 2. The summed E-state index contributed by atoms with van der Waals surface area (Å²) in [6, 6.07) is 25.3. The molecular formula is C23H18N2. The summed E-state index contributed by atoms with van der Waals surface area (Å²) in [5.74, 6) is 0.536. The molecule has 0 aromatic heterocycles. The molecule has 4 rings (SSSR count). The molecule has 2 bridgehead atoms. The van der Waals surface area contributed by atoms with E-state index in [0.29, 0.717) is 0 Å². The lowest BCUT2D eigenvalue weighted by atomic mass is 9.61. The van der Waals surface area contributed by atoms with Crippen LogP contribution in [0.4, 0.5) is 0 Å². The molecule has 2 aliphatic rings. The van der Waals surface area contributed by atoms with Gasteiger partial charge in [-0.25, -0.2) is 0 Å². The fourth-order valence-corrected chi connectivity index (χ4v) is 4.32. The molecule has 2 aliphatic carbocycles. The molecule has 0 heterocycles. The van der Waals surface area contributed by atoms with Gasteiger partial charge in [0, 0.05) is 34.8 Å². The average Bonchev–Trinajstić information content (AvgIpc) is 2.70. The van der Waals surface area contributed by atoms with E-state index in [9.17, 15) is 10.5 Å². The van der Waals surface area contributed by atoms with Crippen LogP contribution < -0.4 is 0 Å². The summed E-state index contributed by atoms with van der Waals surface area (Å²) in [5, 5.41) is 19.5. The van der Waals surface area contributed by atoms with Gasteiger partial charge in [-0.3, -0.25) is 0 Å². The Bertz CT molecular complexity index is 833. The largest absolute Gasteiger partial charge is 0.193 e. The normalized spacial score (nSPS) is 27.4. The van der Waals surface area contributed by atoms with E-state index in [1.165, 1.54) is 11.1 Å². The van der Waals surface area contributed by atoms with Crippen molar-refractivity contribution in [3.05, 3.63) is 95.1 Å². The van der Waals surface area contributed by atoms with E-state index in [-0.39, 0.29) is 23.7 Å². The maximum atomic E-state index is 9.75. The van der Waals surface area contributed by atoms with Crippen molar-refractivity contribution >= 4 is 0 Å². The Hall–Kier alpha value is -3.10. The van der Waals surface area contributed by atoms with Gasteiger partial charge in [0.25, 0.3) is 0 Å². The highest BCUT2D eigenvalue weighted by atomic mass is 14.5. The van der Waals surface area contributed by atoms with Crippen molar-refractivity contribution < 1.29 is 0 Å². The number of fused-ring (bicyclic) bond motifs is 2. The second kappa shape index (κ2) is 6.42. The highest BCUT2D eigenvalue weighted by molar-refractivity contribution is 5.47. The summed E-state index contributed by atoms with van der Waals surface area (Å²) < 4.78 is 0. The van der Waals surface area contributed by atoms with Crippen LogP contribution in [0.3, 0.4) is 0 Å². The van der Waals surface area contributed by atoms with Gasteiger partial charge >= 0.3 is 0 Å². The van der Waals surface area contributed by atoms with Gasteiger partial charge in [0.15, 0.2) is 0 Å². The maximum Gasteiger partial charge on any atom is 0.0947 e. The molecule has 2 aromatic rings. The van der Waals surface area contributed by atoms with E-state index in [1.807, 2.05) is 36.4 Å². The molecule has 0 spiro atoms. The number of hydrogen-bond acceptors (Lipinski definition) is 2. The Kier molecular flexibility index (Phi) is 3.96. The van der Waals surface area contributed by atoms with E-state index in [4.69, 9.17) is 0 Å². The van der Waals surface area contributed by atoms with Crippen molar-refractivity contribution in [1.82, 2.24) is 0 Å². The molecular weight excluding hydrogens is 304 g/mol. The summed E-state index contributed by atoms with van der Waals surface area (Å²) in [7, 11) is 0. The minimum atomic E-state index is 0.106. The van der Waals surface area contributed by atoms with Crippen LogP contribution in [0.5, 0.6) is 0 Å². The van der Waals surface area contributed by atoms with Gasteiger partial charge in [-0.2, -0.15) is 10.5 Å². The molecule has 25 heavy (non-hydrogen) atoms. The van der Waals surface area contributed by atoms with Gasteiger partial charge in [0.1, 0.15) is 0 Å². The Morgan fingerprint density at radius 3 is 1.40 bits per heavy atom. The first-order valence-corrected chi connectivity index (χ1v) is 8.65. The first-order chi connectivity index (χ1) is 12.3. The minimum absolute atomic E-state index is 0.106. The smallest absolute Gasteiger partial charge is 0.0947 e. The van der Waals surface area contributed by atoms with E-state index in [2.05, 4.69) is 48.6 Å². The molecule has 0 saturated heterocycles. The van der Waals surface area contributed by atoms with Crippen LogP contribution >= 0.6 is 0 Å². The molecule has 120 valence electrons. The third kappa shape index (κ3) is 2.67. The lowest BCUT2D eigenvalue weighted by Gasteiger charge is -2.41. The number of rotatable bonds is 2. The zero-order chi connectivity index (χ0) is 17.2. The lowest BCUT2D eigenvalue weighted by molar-refractivity contribution is 0.357. The summed E-state index contributed by atoms with van der Waals surface area (Å²) in [4.78, 5) is 0. The van der Waals surface area contributed by atoms with Crippen LogP contribution in [0.15, 0.2) is 84.0 Å². The molecule has 0 aliphatic heterocycles. The van der Waals surface area contributed by atoms with Crippen molar-refractivity contribution in [2.45, 2.75) is 18.3 Å². The zero-order valence-electron chi connectivity index (χ0n) is 13.8. The molecule has 0 N–H and O–H groups in total. The van der Waals surface area contributed by atoms with E-state index < -0.39 is 0 Å². The van der Waals surface area contributed by atoms with Crippen LogP contribution in [-0.2, 0) is 0 Å². The van der Waals surface area contributed by atoms with Gasteiger partial charge in [-0.05, 0) is 17.5 Å². The van der Waals surface area contributed by atoms with Crippen molar-refractivity contribution in [2.24, 2.45) is 11.8 Å². The standard InChI is InChI=1S/C23H18N2/c24-14-18-11-20(16-7-3-1-4-8-16)22-13-23(18)21(12-19(22)15-25)17-9-5-2-6-10-17/h1-12,20-23H,13H2/t20-,21-,22-,23+/m1/s1. The van der Waals surface area contributed by atoms with E-state index in [1.54, 1.807) is 0 Å². The maximum absolute atomic E-state index is 9.75. The number of nitrogens with zero attached hydrogens (tertiary/aromatic N) is 2. The Morgan fingerprint density at radius 1 is 0.640 bits per heavy atom. The molecule has 0 radical (unpaired) electrons. The fraction of sp³-hybridized carbons (Fsp3) is 0.217. The predicted molar refractivity (Wildman–Crippen MR) is 97.4 cm³/mol. The van der Waals surface area contributed by atoms with E-state index >= 15 is 0 Å². The van der Waals surface area contributed by atoms with Gasteiger partial charge in [-0.15, -0.1) is 0 Å². The Balaban J connectivity index is 1.82. The molecule has 4 atom stereocenters. The molecule has 2 heteroatoms. The van der Waals surface area contributed by atoms with Crippen molar-refractivity contribution in [3.8, 4) is 12.1 Å². The van der Waals surface area contributed by atoms with Gasteiger partial charge in [-0.1, -0.05) is 72.8 Å². The molecule has 0 amide bonds. The first-order valence-electron chi connectivity index (χ1n) is 8.65. The SMILES string of the molecule is N#CC1=C[C@H](c2ccccc2)[C@H]2C[C@H]1[C@@H](c1ccccc1)C=C2C#N. The second-order valence-corrected chi connectivity index (χ2v) is 6.79. The third-order valence-corrected chi connectivity index (χ3v) is 5.52. The number of allylic oxidation sites excluding steroid dienone is 4. The average molecular weight is 322 g/mol. The van der Waals surface area contributed by atoms with Crippen LogP contribution in [0.1, 0.15) is 29.4 Å². The van der Waals surface area contributed by atoms with Gasteiger partial charge in [0.2, 0.25) is 0 Å². The summed E-state index contributed by atoms with van der Waals surface area (Å²) in [6.45, 7) is 0. The number of hydrogen-bond donors (Lipinski definition) is 0. The van der Waals surface area contributed by atoms with Crippen molar-refractivity contribution in [3.63, 3.8) is 0 Å². The fourth-order valence-electron chi connectivity index (χ4n) is 4.32. The molecule has 0 unspecified atom stereocenters. The quantitative estimate of drug-likeness (QED) is 0.772. The van der Waals surface area contributed by atoms with Crippen molar-refractivity contribution in [1.29, 1.82) is 10.5 Å². The van der Waals surface area contributed by atoms with Gasteiger partial charge in [0.05, 0.1) is 12.1 Å². The van der Waals surface area contributed by atoms with Crippen LogP contribution in [0.2, 0.25) is 0 Å². The topological polar surface area (TPSA) is 47.6 Å². The molecule has 0 saturated carbocycles. The lowest BCUT2D eigenvalue weighted by Crippen LogP contribution is -2.31. The molecule has 0 fully saturated rings. The Labute approximate surface area is 148 Å². The third-order valence-electron chi connectivity index (χ3n) is 5.52. The van der Waals surface area contributed by atoms with E-state index in [0.717, 1.165) is 17.6 Å². The highest BCUT2D eigenvalue weighted by Crippen LogP contribution is 2.51. The summed E-state index contributed by atoms with van der Waals surface area (Å²) in [6.07, 6.45) is 5.07. The van der Waals surface area contributed by atoms with Gasteiger partial charge < -0.3 is 0 Å². The highest BCUT2D eigenvalue weighted by Gasteiger charge is 2.41. The zero-order valence-corrected chi connectivity index (χ0v) is 13.8. The monoisotopic (exact) mass is 322 g/mol. The second-order valence-electron chi connectivity index (χ2n) is 6.79. The first kappa shape index (κ1) is 15.4. The number of benzene rings is 2. The predicted octanol–water partition coefficient (Wildman–Crippen LogP) is 5.10. The molecule has 2 nitrogen and oxygen atoms in total. The minimum Gasteiger partial charge on any atom is -0.193 e. The Morgan fingerprint density at radius 2 is 1.04 bits per heavy atom. The van der Waals surface area contributed by atoms with Crippen molar-refractivity contribution in [2.75, 3.05) is 0 Å². The molecule has 2 aromatic carbocycles.